The molecule has 0 atom stereocenters. The van der Waals surface area contributed by atoms with Crippen molar-refractivity contribution in [2.24, 2.45) is 21.7 Å². The first-order valence-corrected chi connectivity index (χ1v) is 18.6. The fourth-order valence-corrected chi connectivity index (χ4v) is 8.00. The maximum Gasteiger partial charge on any atom is 0.256 e. The zero-order chi connectivity index (χ0) is 36.1. The molecule has 264 valence electrons. The number of hydrogen-bond donors (Lipinski definition) is 2. The van der Waals surface area contributed by atoms with Crippen molar-refractivity contribution in [1.82, 2.24) is 10.0 Å². The number of hydrazine groups is 1. The highest BCUT2D eigenvalue weighted by atomic mass is 35.5. The van der Waals surface area contributed by atoms with E-state index in [1.807, 2.05) is 77.7 Å². The molecule has 5 aromatic carbocycles. The summed E-state index contributed by atoms with van der Waals surface area (Å²) in [4.78, 5) is 20.7. The maximum atomic E-state index is 13.7. The van der Waals surface area contributed by atoms with Gasteiger partial charge < -0.3 is 5.73 Å². The third kappa shape index (κ3) is 6.62. The van der Waals surface area contributed by atoms with Crippen LogP contribution in [-0.2, 0) is 16.9 Å². The lowest BCUT2D eigenvalue weighted by molar-refractivity contribution is -0.131. The van der Waals surface area contributed by atoms with E-state index in [4.69, 9.17) is 33.3 Å². The van der Waals surface area contributed by atoms with Gasteiger partial charge in [0.15, 0.2) is 5.84 Å². The first-order valence-electron chi connectivity index (χ1n) is 18.2. The Hall–Kier alpha value is -5.24. The van der Waals surface area contributed by atoms with E-state index in [0.29, 0.717) is 17.1 Å². The molecule has 7 nitrogen and oxygen atoms in total. The number of nitrogens with zero attached hydrogens (tertiary/aromatic N) is 4. The van der Waals surface area contributed by atoms with Crippen LogP contribution in [0.15, 0.2) is 144 Å². The predicted octanol–water partition coefficient (Wildman–Crippen LogP) is 9.04. The lowest BCUT2D eigenvalue weighted by atomic mass is 9.77. The van der Waals surface area contributed by atoms with Crippen LogP contribution >= 0.6 is 11.6 Å². The molecular formula is C44H45ClN6O. The Labute approximate surface area is 311 Å². The first-order chi connectivity index (χ1) is 25.4. The number of carbonyl (C=O) groups is 1. The van der Waals surface area contributed by atoms with Crippen LogP contribution in [0.5, 0.6) is 0 Å². The van der Waals surface area contributed by atoms with Gasteiger partial charge in [0.1, 0.15) is 16.9 Å². The van der Waals surface area contributed by atoms with Crippen LogP contribution in [0.3, 0.4) is 0 Å². The highest BCUT2D eigenvalue weighted by Gasteiger charge is 2.49. The Balaban J connectivity index is 1.23. The number of unbranched alkanes of at least 4 members (excludes halogenated alkanes) is 1. The average Bonchev–Trinajstić information content (AvgIpc) is 3.76. The Morgan fingerprint density at radius 2 is 1.40 bits per heavy atom. The number of benzene rings is 5. The van der Waals surface area contributed by atoms with Crippen molar-refractivity contribution in [2.75, 3.05) is 0 Å². The van der Waals surface area contributed by atoms with Crippen LogP contribution in [0.4, 0.5) is 0 Å². The normalized spacial score (nSPS) is 15.7. The maximum absolute atomic E-state index is 13.7. The van der Waals surface area contributed by atoms with Gasteiger partial charge in [-0.3, -0.25) is 14.7 Å². The van der Waals surface area contributed by atoms with Crippen molar-refractivity contribution in [2.45, 2.75) is 69.5 Å². The van der Waals surface area contributed by atoms with Crippen molar-refractivity contribution >= 4 is 29.2 Å². The topological polar surface area (TPSA) is 100 Å². The molecule has 1 saturated carbocycles. The van der Waals surface area contributed by atoms with Gasteiger partial charge in [-0.15, -0.1) is 5.10 Å². The molecule has 0 radical (unpaired) electrons. The molecule has 1 fully saturated rings. The van der Waals surface area contributed by atoms with Crippen molar-refractivity contribution in [1.29, 1.82) is 0 Å². The molecule has 1 spiro atoms. The van der Waals surface area contributed by atoms with E-state index in [1.54, 1.807) is 0 Å². The van der Waals surface area contributed by atoms with Crippen LogP contribution in [0.2, 0.25) is 5.02 Å². The number of amides is 1. The number of nitrogens with two attached hydrogens (primary N) is 2. The van der Waals surface area contributed by atoms with Crippen LogP contribution < -0.4 is 11.6 Å². The monoisotopic (exact) mass is 708 g/mol. The average molecular weight is 709 g/mol. The zero-order valence-electron chi connectivity index (χ0n) is 29.6. The summed E-state index contributed by atoms with van der Waals surface area (Å²) < 4.78 is 0. The second-order valence-electron chi connectivity index (χ2n) is 13.8. The van der Waals surface area contributed by atoms with Gasteiger partial charge in [-0.2, -0.15) is 0 Å². The molecular weight excluding hydrogens is 664 g/mol. The molecule has 1 aliphatic carbocycles. The van der Waals surface area contributed by atoms with E-state index in [9.17, 15) is 4.79 Å². The van der Waals surface area contributed by atoms with Crippen LogP contribution in [-0.4, -0.2) is 33.1 Å². The van der Waals surface area contributed by atoms with Gasteiger partial charge in [-0.25, -0.2) is 11.0 Å². The largest absolute Gasteiger partial charge is 0.382 e. The van der Waals surface area contributed by atoms with Gasteiger partial charge in [0.2, 0.25) is 0 Å². The van der Waals surface area contributed by atoms with Gasteiger partial charge in [0, 0.05) is 17.0 Å². The lowest BCUT2D eigenvalue weighted by Gasteiger charge is -2.41. The number of hydrazone groups is 1. The minimum absolute atomic E-state index is 0.158. The Kier molecular flexibility index (Phi) is 10.3. The Bertz CT molecular complexity index is 1960. The third-order valence-electron chi connectivity index (χ3n) is 10.5. The molecule has 0 bridgehead atoms. The van der Waals surface area contributed by atoms with Gasteiger partial charge in [-0.1, -0.05) is 153 Å². The first kappa shape index (κ1) is 35.2. The molecule has 4 N–H and O–H groups in total. The summed E-state index contributed by atoms with van der Waals surface area (Å²) in [6.07, 6.45) is 6.71. The number of halogens is 1. The molecule has 8 heteroatoms. The number of hydrogen-bond acceptors (Lipinski definition) is 5. The SMILES string of the molecule is CCCCC1=NC2(CCCC2)C(=O)N1Cc1ccc(-c2cc(Cl)ccc2/C(N)=N/N(N)C(c2ccccc2)(c2ccccc2)c2ccccc2)cc1. The van der Waals surface area contributed by atoms with E-state index < -0.39 is 11.1 Å². The molecule has 7 rings (SSSR count). The minimum Gasteiger partial charge on any atom is -0.382 e. The summed E-state index contributed by atoms with van der Waals surface area (Å²) in [5.74, 6) is 8.43. The van der Waals surface area contributed by atoms with Gasteiger partial charge >= 0.3 is 0 Å². The second-order valence-corrected chi connectivity index (χ2v) is 14.2. The molecule has 0 unspecified atom stereocenters. The van der Waals surface area contributed by atoms with E-state index in [2.05, 4.69) is 67.6 Å². The van der Waals surface area contributed by atoms with E-state index in [1.165, 1.54) is 5.12 Å². The molecule has 5 aromatic rings. The minimum atomic E-state index is -0.994. The molecule has 52 heavy (non-hydrogen) atoms. The summed E-state index contributed by atoms with van der Waals surface area (Å²) in [5, 5.41) is 6.99. The summed E-state index contributed by atoms with van der Waals surface area (Å²) in [6, 6.07) is 44.2. The number of rotatable bonds is 12. The van der Waals surface area contributed by atoms with Crippen molar-refractivity contribution in [3.8, 4) is 11.1 Å². The van der Waals surface area contributed by atoms with Crippen LogP contribution in [0.1, 0.15) is 79.7 Å². The Morgan fingerprint density at radius 3 is 1.94 bits per heavy atom. The van der Waals surface area contributed by atoms with Crippen molar-refractivity contribution in [3.63, 3.8) is 0 Å². The molecule has 1 heterocycles. The fraction of sp³-hybridized carbons (Fsp3) is 0.250. The fourth-order valence-electron chi connectivity index (χ4n) is 7.83. The number of aliphatic imine (C=N–C) groups is 1. The van der Waals surface area contributed by atoms with E-state index in [-0.39, 0.29) is 11.7 Å². The predicted molar refractivity (Wildman–Crippen MR) is 212 cm³/mol. The van der Waals surface area contributed by atoms with Crippen LogP contribution in [0.25, 0.3) is 11.1 Å². The number of carbonyl (C=O) groups excluding carboxylic acids is 1. The highest BCUT2D eigenvalue weighted by molar-refractivity contribution is 6.31. The standard InChI is InChI=1S/C44H45ClN6O/c1-2-3-21-40-48-43(28-13-14-29-43)42(52)50(40)31-32-22-24-33(25-23-32)39-30-37(45)26-27-38(39)41(46)49-51(47)44(34-15-7-4-8-16-34,35-17-9-5-10-18-35)36-19-11-6-12-20-36/h4-12,15-20,22-27,30H,2-3,13-14,21,28-29,31,47H2,1H3,(H2,46,49). The lowest BCUT2D eigenvalue weighted by Crippen LogP contribution is -2.50. The van der Waals surface area contributed by atoms with E-state index in [0.717, 1.165) is 84.2 Å². The van der Waals surface area contributed by atoms with Crippen molar-refractivity contribution < 1.29 is 4.79 Å². The number of amidine groups is 2. The third-order valence-corrected chi connectivity index (χ3v) is 10.7. The zero-order valence-corrected chi connectivity index (χ0v) is 30.3. The van der Waals surface area contributed by atoms with E-state index >= 15 is 0 Å². The summed E-state index contributed by atoms with van der Waals surface area (Å²) in [7, 11) is 0. The van der Waals surface area contributed by atoms with Crippen molar-refractivity contribution in [3.05, 3.63) is 166 Å². The highest BCUT2D eigenvalue weighted by Crippen LogP contribution is 2.42. The molecule has 1 amide bonds. The summed E-state index contributed by atoms with van der Waals surface area (Å²) >= 11 is 6.59. The van der Waals surface area contributed by atoms with Crippen LogP contribution in [0, 0.1) is 0 Å². The smallest absolute Gasteiger partial charge is 0.256 e. The quantitative estimate of drug-likeness (QED) is 0.0444. The molecule has 0 saturated heterocycles. The molecule has 0 aromatic heterocycles. The van der Waals surface area contributed by atoms with Gasteiger partial charge in [-0.05, 0) is 70.8 Å². The summed E-state index contributed by atoms with van der Waals surface area (Å²) in [6.45, 7) is 2.67. The Morgan fingerprint density at radius 1 is 0.846 bits per heavy atom. The molecule has 2 aliphatic rings. The molecule has 1 aliphatic heterocycles. The van der Waals surface area contributed by atoms with Gasteiger partial charge in [0.05, 0.1) is 6.54 Å². The second kappa shape index (κ2) is 15.2. The summed E-state index contributed by atoms with van der Waals surface area (Å²) in [5.41, 5.74) is 11.7. The van der Waals surface area contributed by atoms with Gasteiger partial charge in [0.25, 0.3) is 5.91 Å².